The first kappa shape index (κ1) is 16.6. The Bertz CT molecular complexity index is 877. The number of aromatic nitrogens is 5. The number of hydrogen-bond acceptors (Lipinski definition) is 9. The molecule has 0 aliphatic rings. The zero-order chi connectivity index (χ0) is 17.6. The molecule has 0 radical (unpaired) electrons. The zero-order valence-electron chi connectivity index (χ0n) is 13.1. The topological polar surface area (TPSA) is 136 Å². The van der Waals surface area contributed by atoms with Crippen LogP contribution in [0.2, 0.25) is 0 Å². The standard InChI is InChI=1S/C14H13N7O3S/c1-8-20-21-11(24-8)6-17-10(22)5-9-7-25-14(18-9)19-13(23)12-15-3-2-4-16-12/h2-4,7H,5-6H2,1H3,(H,17,22)(H,18,19,23). The van der Waals surface area contributed by atoms with Gasteiger partial charge in [-0.05, 0) is 6.07 Å². The molecule has 0 aliphatic carbocycles. The minimum atomic E-state index is -0.460. The summed E-state index contributed by atoms with van der Waals surface area (Å²) in [6, 6.07) is 1.62. The molecule has 0 spiro atoms. The molecule has 3 rings (SSSR count). The fourth-order valence-corrected chi connectivity index (χ4v) is 2.53. The van der Waals surface area contributed by atoms with Gasteiger partial charge in [-0.15, -0.1) is 21.5 Å². The number of nitrogens with zero attached hydrogens (tertiary/aromatic N) is 5. The molecule has 0 saturated heterocycles. The van der Waals surface area contributed by atoms with Gasteiger partial charge in [0.2, 0.25) is 23.5 Å². The summed E-state index contributed by atoms with van der Waals surface area (Å²) >= 11 is 1.21. The summed E-state index contributed by atoms with van der Waals surface area (Å²) in [6.45, 7) is 1.82. The van der Waals surface area contributed by atoms with Gasteiger partial charge >= 0.3 is 0 Å². The van der Waals surface area contributed by atoms with Crippen LogP contribution in [-0.2, 0) is 17.8 Å². The molecule has 2 amide bonds. The summed E-state index contributed by atoms with van der Waals surface area (Å²) in [5.41, 5.74) is 0.536. The summed E-state index contributed by atoms with van der Waals surface area (Å²) in [6.07, 6.45) is 3.02. The van der Waals surface area contributed by atoms with Gasteiger partial charge in [0.25, 0.3) is 5.91 Å². The Labute approximate surface area is 145 Å². The molecule has 0 fully saturated rings. The molecule has 0 bridgehead atoms. The second kappa shape index (κ2) is 7.57. The normalized spacial score (nSPS) is 10.4. The highest BCUT2D eigenvalue weighted by Gasteiger charge is 2.13. The molecule has 3 aromatic rings. The van der Waals surface area contributed by atoms with E-state index in [9.17, 15) is 9.59 Å². The van der Waals surface area contributed by atoms with Crippen molar-refractivity contribution >= 4 is 28.3 Å². The predicted molar refractivity (Wildman–Crippen MR) is 86.7 cm³/mol. The minimum absolute atomic E-state index is 0.0480. The van der Waals surface area contributed by atoms with Gasteiger partial charge in [0.15, 0.2) is 5.13 Å². The first-order valence-electron chi connectivity index (χ1n) is 7.18. The number of anilines is 1. The Balaban J connectivity index is 1.51. The van der Waals surface area contributed by atoms with Gasteiger partial charge in [-0.1, -0.05) is 0 Å². The monoisotopic (exact) mass is 359 g/mol. The van der Waals surface area contributed by atoms with Crippen molar-refractivity contribution in [1.82, 2.24) is 30.5 Å². The molecule has 0 unspecified atom stereocenters. The summed E-state index contributed by atoms with van der Waals surface area (Å²) in [7, 11) is 0. The van der Waals surface area contributed by atoms with Crippen molar-refractivity contribution in [3.05, 3.63) is 47.1 Å². The maximum absolute atomic E-state index is 11.9. The summed E-state index contributed by atoms with van der Waals surface area (Å²) in [5, 5.41) is 14.8. The molecule has 10 nitrogen and oxygen atoms in total. The number of rotatable bonds is 6. The van der Waals surface area contributed by atoms with E-state index < -0.39 is 5.91 Å². The number of carbonyl (C=O) groups is 2. The molecule has 3 aromatic heterocycles. The minimum Gasteiger partial charge on any atom is -0.424 e. The highest BCUT2D eigenvalue weighted by atomic mass is 32.1. The fourth-order valence-electron chi connectivity index (χ4n) is 1.83. The Morgan fingerprint density at radius 1 is 1.24 bits per heavy atom. The van der Waals surface area contributed by atoms with Gasteiger partial charge in [-0.25, -0.2) is 15.0 Å². The second-order valence-corrected chi connectivity index (χ2v) is 5.70. The number of thiazole rings is 1. The Morgan fingerprint density at radius 2 is 2.04 bits per heavy atom. The van der Waals surface area contributed by atoms with Crippen molar-refractivity contribution < 1.29 is 14.0 Å². The first-order chi connectivity index (χ1) is 12.1. The van der Waals surface area contributed by atoms with Gasteiger partial charge in [0.1, 0.15) is 0 Å². The second-order valence-electron chi connectivity index (χ2n) is 4.84. The van der Waals surface area contributed by atoms with Crippen LogP contribution >= 0.6 is 11.3 Å². The van der Waals surface area contributed by atoms with Gasteiger partial charge in [-0.3, -0.25) is 14.9 Å². The molecule has 0 saturated carbocycles. The first-order valence-corrected chi connectivity index (χ1v) is 8.06. The van der Waals surface area contributed by atoms with E-state index in [1.807, 2.05) is 0 Å². The van der Waals surface area contributed by atoms with Crippen molar-refractivity contribution in [2.45, 2.75) is 19.9 Å². The fraction of sp³-hybridized carbons (Fsp3) is 0.214. The number of carbonyl (C=O) groups excluding carboxylic acids is 2. The quantitative estimate of drug-likeness (QED) is 0.657. The van der Waals surface area contributed by atoms with Gasteiger partial charge in [-0.2, -0.15) is 0 Å². The molecular formula is C14H13N7O3S. The van der Waals surface area contributed by atoms with Crippen LogP contribution in [-0.4, -0.2) is 37.0 Å². The lowest BCUT2D eigenvalue weighted by Gasteiger charge is -2.00. The van der Waals surface area contributed by atoms with Crippen LogP contribution in [0.25, 0.3) is 0 Å². The van der Waals surface area contributed by atoms with E-state index in [1.54, 1.807) is 18.4 Å². The predicted octanol–water partition coefficient (Wildman–Crippen LogP) is 0.736. The molecule has 0 atom stereocenters. The summed E-state index contributed by atoms with van der Waals surface area (Å²) in [5.74, 6) is 0.112. The highest BCUT2D eigenvalue weighted by molar-refractivity contribution is 7.14. The lowest BCUT2D eigenvalue weighted by atomic mass is 10.3. The molecular weight excluding hydrogens is 346 g/mol. The van der Waals surface area contributed by atoms with E-state index in [0.29, 0.717) is 22.6 Å². The lowest BCUT2D eigenvalue weighted by Crippen LogP contribution is -2.24. The van der Waals surface area contributed by atoms with Crippen LogP contribution in [0.3, 0.4) is 0 Å². The third-order valence-corrected chi connectivity index (χ3v) is 3.69. The highest BCUT2D eigenvalue weighted by Crippen LogP contribution is 2.16. The van der Waals surface area contributed by atoms with E-state index in [2.05, 4.69) is 35.8 Å². The smallest absolute Gasteiger partial charge is 0.295 e. The van der Waals surface area contributed by atoms with Crippen molar-refractivity contribution in [3.63, 3.8) is 0 Å². The van der Waals surface area contributed by atoms with Crippen molar-refractivity contribution in [1.29, 1.82) is 0 Å². The molecule has 0 aromatic carbocycles. The van der Waals surface area contributed by atoms with Crippen LogP contribution in [0.5, 0.6) is 0 Å². The number of amides is 2. The van der Waals surface area contributed by atoms with Crippen LogP contribution in [0.4, 0.5) is 5.13 Å². The zero-order valence-corrected chi connectivity index (χ0v) is 13.9. The third kappa shape index (κ3) is 4.64. The van der Waals surface area contributed by atoms with Gasteiger partial charge in [0.05, 0.1) is 18.7 Å². The maximum atomic E-state index is 11.9. The molecule has 2 N–H and O–H groups in total. The van der Waals surface area contributed by atoms with Gasteiger partial charge < -0.3 is 9.73 Å². The molecule has 11 heteroatoms. The van der Waals surface area contributed by atoms with E-state index >= 15 is 0 Å². The third-order valence-electron chi connectivity index (χ3n) is 2.89. The van der Waals surface area contributed by atoms with E-state index in [0.717, 1.165) is 0 Å². The van der Waals surface area contributed by atoms with Crippen molar-refractivity contribution in [3.8, 4) is 0 Å². The summed E-state index contributed by atoms with van der Waals surface area (Å²) in [4.78, 5) is 35.7. The molecule has 3 heterocycles. The average Bonchev–Trinajstić information content (AvgIpc) is 3.22. The van der Waals surface area contributed by atoms with Gasteiger partial charge in [0, 0.05) is 24.7 Å². The van der Waals surface area contributed by atoms with Crippen LogP contribution in [0.1, 0.15) is 28.1 Å². The van der Waals surface area contributed by atoms with E-state index in [4.69, 9.17) is 4.42 Å². The van der Waals surface area contributed by atoms with Crippen LogP contribution < -0.4 is 10.6 Å². The van der Waals surface area contributed by atoms with E-state index in [1.165, 1.54) is 23.7 Å². The number of hydrogen-bond donors (Lipinski definition) is 2. The van der Waals surface area contributed by atoms with E-state index in [-0.39, 0.29) is 24.7 Å². The average molecular weight is 359 g/mol. The lowest BCUT2D eigenvalue weighted by molar-refractivity contribution is -0.120. The maximum Gasteiger partial charge on any atom is 0.295 e. The molecule has 25 heavy (non-hydrogen) atoms. The number of nitrogens with one attached hydrogen (secondary N) is 2. The Kier molecular flexibility index (Phi) is 5.04. The van der Waals surface area contributed by atoms with Crippen LogP contribution in [0.15, 0.2) is 28.3 Å². The SMILES string of the molecule is Cc1nnc(CNC(=O)Cc2csc(NC(=O)c3ncccn3)n2)o1. The largest absolute Gasteiger partial charge is 0.424 e. The summed E-state index contributed by atoms with van der Waals surface area (Å²) < 4.78 is 5.16. The molecule has 128 valence electrons. The van der Waals surface area contributed by atoms with Crippen molar-refractivity contribution in [2.24, 2.45) is 0 Å². The number of aryl methyl sites for hydroxylation is 1. The Hall–Kier alpha value is -3.21. The van der Waals surface area contributed by atoms with Crippen molar-refractivity contribution in [2.75, 3.05) is 5.32 Å². The van der Waals surface area contributed by atoms with Crippen LogP contribution in [0, 0.1) is 6.92 Å². The molecule has 0 aliphatic heterocycles. The Morgan fingerprint density at radius 3 is 2.76 bits per heavy atom.